The molecule has 1 aromatic heterocycles. The van der Waals surface area contributed by atoms with E-state index in [1.165, 1.54) is 6.07 Å². The van der Waals surface area contributed by atoms with E-state index in [1.807, 2.05) is 43.3 Å². The van der Waals surface area contributed by atoms with Crippen molar-refractivity contribution >= 4 is 33.1 Å². The SMILES string of the molecule is Cc1ccc2c(c1)NC(=O)c1cc(S(=O)(=O)N3CCC(C)CC3)c(N3CCN(c4ccccn4)CC3)cc1O2. The molecular weight excluding hydrogens is 514 g/mol. The zero-order valence-electron chi connectivity index (χ0n) is 22.3. The van der Waals surface area contributed by atoms with Crippen molar-refractivity contribution in [1.29, 1.82) is 0 Å². The molecule has 4 heterocycles. The van der Waals surface area contributed by atoms with Crippen molar-refractivity contribution in [1.82, 2.24) is 9.29 Å². The van der Waals surface area contributed by atoms with Crippen molar-refractivity contribution in [3.8, 4) is 11.5 Å². The summed E-state index contributed by atoms with van der Waals surface area (Å²) in [7, 11) is -3.84. The average Bonchev–Trinajstić information content (AvgIpc) is 3.08. The van der Waals surface area contributed by atoms with Gasteiger partial charge in [0, 0.05) is 51.5 Å². The Kier molecular flexibility index (Phi) is 6.68. The van der Waals surface area contributed by atoms with E-state index in [0.29, 0.717) is 68.1 Å². The number of hydrogen-bond acceptors (Lipinski definition) is 7. The molecule has 204 valence electrons. The number of rotatable bonds is 4. The van der Waals surface area contributed by atoms with Crippen LogP contribution in [0.4, 0.5) is 17.2 Å². The molecule has 1 amide bonds. The number of sulfonamides is 1. The van der Waals surface area contributed by atoms with Gasteiger partial charge in [-0.15, -0.1) is 0 Å². The number of aromatic nitrogens is 1. The van der Waals surface area contributed by atoms with Crippen molar-refractivity contribution < 1.29 is 17.9 Å². The molecule has 9 nitrogen and oxygen atoms in total. The van der Waals surface area contributed by atoms with Gasteiger partial charge in [0.05, 0.1) is 16.9 Å². The highest BCUT2D eigenvalue weighted by Crippen LogP contribution is 2.42. The van der Waals surface area contributed by atoms with Crippen molar-refractivity contribution in [3.05, 3.63) is 65.9 Å². The molecule has 3 aliphatic rings. The van der Waals surface area contributed by atoms with Gasteiger partial charge in [0.25, 0.3) is 5.91 Å². The number of pyridine rings is 1. The van der Waals surface area contributed by atoms with Crippen LogP contribution in [0.25, 0.3) is 0 Å². The van der Waals surface area contributed by atoms with E-state index in [9.17, 15) is 13.2 Å². The number of piperidine rings is 1. The van der Waals surface area contributed by atoms with Gasteiger partial charge < -0.3 is 19.9 Å². The van der Waals surface area contributed by atoms with Crippen LogP contribution in [0, 0.1) is 12.8 Å². The molecule has 10 heteroatoms. The molecule has 2 saturated heterocycles. The topological polar surface area (TPSA) is 95.1 Å². The first-order chi connectivity index (χ1) is 18.8. The summed E-state index contributed by atoms with van der Waals surface area (Å²) < 4.78 is 36.0. The highest BCUT2D eigenvalue weighted by Gasteiger charge is 2.35. The molecule has 2 fully saturated rings. The molecule has 6 rings (SSSR count). The second kappa shape index (κ2) is 10.2. The number of aryl methyl sites for hydroxylation is 1. The molecule has 3 aliphatic heterocycles. The number of nitrogens with zero attached hydrogens (tertiary/aromatic N) is 4. The minimum Gasteiger partial charge on any atom is -0.454 e. The van der Waals surface area contributed by atoms with Crippen LogP contribution in [0.15, 0.2) is 59.6 Å². The third-order valence-electron chi connectivity index (χ3n) is 7.86. The van der Waals surface area contributed by atoms with Gasteiger partial charge in [-0.25, -0.2) is 13.4 Å². The fourth-order valence-corrected chi connectivity index (χ4v) is 7.17. The van der Waals surface area contributed by atoms with Crippen LogP contribution < -0.4 is 19.9 Å². The number of benzene rings is 2. The van der Waals surface area contributed by atoms with Crippen molar-refractivity contribution in [2.24, 2.45) is 5.92 Å². The first-order valence-corrected chi connectivity index (χ1v) is 14.9. The van der Waals surface area contributed by atoms with Crippen LogP contribution in [-0.4, -0.2) is 62.9 Å². The van der Waals surface area contributed by atoms with Crippen molar-refractivity contribution in [2.45, 2.75) is 31.6 Å². The number of piperazine rings is 1. The summed E-state index contributed by atoms with van der Waals surface area (Å²) in [5.74, 6) is 1.89. The lowest BCUT2D eigenvalue weighted by Crippen LogP contribution is -2.47. The van der Waals surface area contributed by atoms with E-state index in [2.05, 4.69) is 27.0 Å². The van der Waals surface area contributed by atoms with Crippen LogP contribution in [-0.2, 0) is 10.0 Å². The molecule has 0 radical (unpaired) electrons. The summed E-state index contributed by atoms with van der Waals surface area (Å²) in [6, 6.07) is 14.7. The first-order valence-electron chi connectivity index (χ1n) is 13.5. The zero-order valence-corrected chi connectivity index (χ0v) is 23.1. The van der Waals surface area contributed by atoms with E-state index in [0.717, 1.165) is 24.2 Å². The summed E-state index contributed by atoms with van der Waals surface area (Å²) in [5, 5.41) is 2.91. The molecule has 39 heavy (non-hydrogen) atoms. The predicted octanol–water partition coefficient (Wildman–Crippen LogP) is 4.50. The number of carbonyl (C=O) groups is 1. The van der Waals surface area contributed by atoms with Gasteiger partial charge in [-0.3, -0.25) is 4.79 Å². The molecule has 0 aliphatic carbocycles. The maximum atomic E-state index is 14.1. The molecule has 0 atom stereocenters. The Morgan fingerprint density at radius 2 is 1.67 bits per heavy atom. The third kappa shape index (κ3) is 4.94. The molecule has 0 bridgehead atoms. The number of ether oxygens (including phenoxy) is 1. The first kappa shape index (κ1) is 25.6. The Bertz CT molecular complexity index is 1500. The lowest BCUT2D eigenvalue weighted by molar-refractivity contribution is 0.102. The van der Waals surface area contributed by atoms with Crippen molar-refractivity contribution in [3.63, 3.8) is 0 Å². The molecule has 1 N–H and O–H groups in total. The lowest BCUT2D eigenvalue weighted by Gasteiger charge is -2.38. The molecular formula is C29H33N5O4S. The highest BCUT2D eigenvalue weighted by molar-refractivity contribution is 7.89. The molecule has 3 aromatic rings. The lowest BCUT2D eigenvalue weighted by atomic mass is 10.0. The Labute approximate surface area is 229 Å². The minimum absolute atomic E-state index is 0.156. The maximum absolute atomic E-state index is 14.1. The van der Waals surface area contributed by atoms with Gasteiger partial charge in [-0.1, -0.05) is 19.1 Å². The van der Waals surface area contributed by atoms with Gasteiger partial charge in [-0.05, 0) is 61.6 Å². The van der Waals surface area contributed by atoms with Crippen LogP contribution in [0.2, 0.25) is 0 Å². The van der Waals surface area contributed by atoms with Crippen LogP contribution in [0.3, 0.4) is 0 Å². The van der Waals surface area contributed by atoms with Gasteiger partial charge in [0.15, 0.2) is 5.75 Å². The minimum atomic E-state index is -3.84. The van der Waals surface area contributed by atoms with Crippen LogP contribution in [0.5, 0.6) is 11.5 Å². The fourth-order valence-electron chi connectivity index (χ4n) is 5.49. The van der Waals surface area contributed by atoms with E-state index in [1.54, 1.807) is 16.6 Å². The fraction of sp³-hybridized carbons (Fsp3) is 0.379. The van der Waals surface area contributed by atoms with E-state index in [-0.39, 0.29) is 16.4 Å². The van der Waals surface area contributed by atoms with Gasteiger partial charge >= 0.3 is 0 Å². The van der Waals surface area contributed by atoms with E-state index < -0.39 is 10.0 Å². The highest BCUT2D eigenvalue weighted by atomic mass is 32.2. The number of amides is 1. The summed E-state index contributed by atoms with van der Waals surface area (Å²) in [5.41, 5.74) is 2.33. The third-order valence-corrected chi connectivity index (χ3v) is 9.79. The number of anilines is 3. The molecule has 0 unspecified atom stereocenters. The maximum Gasteiger partial charge on any atom is 0.259 e. The van der Waals surface area contributed by atoms with Crippen LogP contribution >= 0.6 is 0 Å². The predicted molar refractivity (Wildman–Crippen MR) is 151 cm³/mol. The molecule has 2 aromatic carbocycles. The summed E-state index contributed by atoms with van der Waals surface area (Å²) in [6.45, 7) is 7.64. The normalized spacial score (nSPS) is 18.6. The quantitative estimate of drug-likeness (QED) is 0.514. The zero-order chi connectivity index (χ0) is 27.1. The van der Waals surface area contributed by atoms with E-state index >= 15 is 0 Å². The van der Waals surface area contributed by atoms with Gasteiger partial charge in [-0.2, -0.15) is 4.31 Å². The average molecular weight is 548 g/mol. The van der Waals surface area contributed by atoms with Gasteiger partial charge in [0.2, 0.25) is 10.0 Å². The Morgan fingerprint density at radius 3 is 2.38 bits per heavy atom. The number of nitrogens with one attached hydrogen (secondary N) is 1. The van der Waals surface area contributed by atoms with E-state index in [4.69, 9.17) is 4.74 Å². The molecule has 0 spiro atoms. The molecule has 0 saturated carbocycles. The number of carbonyl (C=O) groups excluding carboxylic acids is 1. The second-order valence-electron chi connectivity index (χ2n) is 10.6. The van der Waals surface area contributed by atoms with Crippen LogP contribution in [0.1, 0.15) is 35.7 Å². The monoisotopic (exact) mass is 547 g/mol. The number of fused-ring (bicyclic) bond motifs is 2. The summed E-state index contributed by atoms with van der Waals surface area (Å²) >= 11 is 0. The Balaban J connectivity index is 1.40. The summed E-state index contributed by atoms with van der Waals surface area (Å²) in [6.07, 6.45) is 3.42. The van der Waals surface area contributed by atoms with Gasteiger partial charge in [0.1, 0.15) is 16.5 Å². The number of hydrogen-bond donors (Lipinski definition) is 1. The largest absolute Gasteiger partial charge is 0.454 e. The standard InChI is InChI=1S/C29H33N5O4S/c1-20-8-11-34(12-9-20)39(36,37)27-18-22-26(38-25-7-6-21(2)17-23(25)31-29(22)35)19-24(27)32-13-15-33(16-14-32)28-5-3-4-10-30-28/h3-7,10,17-20H,8-9,11-16H2,1-2H3,(H,31,35). The Hall–Kier alpha value is -3.63. The summed E-state index contributed by atoms with van der Waals surface area (Å²) in [4.78, 5) is 22.2. The Morgan fingerprint density at radius 1 is 0.923 bits per heavy atom. The second-order valence-corrected chi connectivity index (χ2v) is 12.5. The smallest absolute Gasteiger partial charge is 0.259 e. The van der Waals surface area contributed by atoms with Crippen molar-refractivity contribution in [2.75, 3.05) is 54.4 Å².